The lowest BCUT2D eigenvalue weighted by Gasteiger charge is -2.30. The number of amides is 1. The van der Waals surface area contributed by atoms with Gasteiger partial charge in [-0.2, -0.15) is 0 Å². The first kappa shape index (κ1) is 12.6. The summed E-state index contributed by atoms with van der Waals surface area (Å²) < 4.78 is 0. The first-order chi connectivity index (χ1) is 9.19. The number of carbonyl (C=O) groups excluding carboxylic acids is 1. The Morgan fingerprint density at radius 2 is 2.21 bits per heavy atom. The van der Waals surface area contributed by atoms with Crippen LogP contribution >= 0.6 is 0 Å². The maximum absolute atomic E-state index is 12.0. The Labute approximate surface area is 114 Å². The van der Waals surface area contributed by atoms with Crippen LogP contribution in [0, 0.1) is 0 Å². The summed E-state index contributed by atoms with van der Waals surface area (Å²) in [7, 11) is 0. The van der Waals surface area contributed by atoms with Gasteiger partial charge in [0.05, 0.1) is 6.54 Å². The molecule has 0 bridgehead atoms. The molecule has 2 fully saturated rings. The van der Waals surface area contributed by atoms with E-state index in [0.29, 0.717) is 6.54 Å². The van der Waals surface area contributed by atoms with Gasteiger partial charge < -0.3 is 15.5 Å². The monoisotopic (exact) mass is 259 g/mol. The normalized spacial score (nSPS) is 27.8. The molecular weight excluding hydrogens is 238 g/mol. The topological polar surface area (TPSA) is 44.4 Å². The summed E-state index contributed by atoms with van der Waals surface area (Å²) in [6, 6.07) is 8.42. The Balaban J connectivity index is 1.89. The predicted octanol–water partition coefficient (Wildman–Crippen LogP) is 1.22. The Bertz CT molecular complexity index is 480. The zero-order valence-corrected chi connectivity index (χ0v) is 11.4. The maximum Gasteiger partial charge on any atom is 0.240 e. The fourth-order valence-electron chi connectivity index (χ4n) is 3.04. The van der Waals surface area contributed by atoms with Gasteiger partial charge in [0.2, 0.25) is 5.91 Å². The van der Waals surface area contributed by atoms with Crippen molar-refractivity contribution < 1.29 is 4.79 Å². The summed E-state index contributed by atoms with van der Waals surface area (Å²) in [5.41, 5.74) is 2.38. The summed E-state index contributed by atoms with van der Waals surface area (Å²) in [5.74, 6) is 0.160. The molecule has 19 heavy (non-hydrogen) atoms. The minimum Gasteiger partial charge on any atom is -0.310 e. The average molecular weight is 259 g/mol. The Kier molecular flexibility index (Phi) is 3.29. The van der Waals surface area contributed by atoms with Crippen LogP contribution in [0.2, 0.25) is 0 Å². The lowest BCUT2D eigenvalue weighted by atomic mass is 9.90. The van der Waals surface area contributed by atoms with Gasteiger partial charge in [0.25, 0.3) is 0 Å². The smallest absolute Gasteiger partial charge is 0.240 e. The van der Waals surface area contributed by atoms with E-state index in [9.17, 15) is 4.79 Å². The number of rotatable bonds is 2. The van der Waals surface area contributed by atoms with Gasteiger partial charge >= 0.3 is 0 Å². The predicted molar refractivity (Wildman–Crippen MR) is 76.3 cm³/mol. The molecule has 0 spiro atoms. The number of benzene rings is 1. The zero-order valence-electron chi connectivity index (χ0n) is 11.4. The molecule has 1 unspecified atom stereocenters. The van der Waals surface area contributed by atoms with Crippen LogP contribution in [0.25, 0.3) is 0 Å². The van der Waals surface area contributed by atoms with Gasteiger partial charge in [0, 0.05) is 24.3 Å². The molecule has 4 nitrogen and oxygen atoms in total. The van der Waals surface area contributed by atoms with Crippen molar-refractivity contribution in [2.45, 2.75) is 25.3 Å². The van der Waals surface area contributed by atoms with Crippen LogP contribution in [0.4, 0.5) is 5.69 Å². The molecule has 2 saturated heterocycles. The standard InChI is InChI=1S/C15H21N3O/c1-15(6-3-7-17-15)12-4-2-5-13(10-12)18-9-8-16-11-14(18)19/h2,4-5,10,16-17H,3,6-9,11H2,1H3. The van der Waals surface area contributed by atoms with Crippen LogP contribution in [-0.2, 0) is 10.3 Å². The molecule has 2 heterocycles. The molecule has 2 N–H and O–H groups in total. The van der Waals surface area contributed by atoms with Crippen LogP contribution in [0.1, 0.15) is 25.3 Å². The van der Waals surface area contributed by atoms with E-state index >= 15 is 0 Å². The Morgan fingerprint density at radius 3 is 2.95 bits per heavy atom. The van der Waals surface area contributed by atoms with Crippen molar-refractivity contribution in [3.8, 4) is 0 Å². The molecule has 0 aliphatic carbocycles. The number of nitrogens with zero attached hydrogens (tertiary/aromatic N) is 1. The van der Waals surface area contributed by atoms with E-state index in [0.717, 1.165) is 31.7 Å². The Morgan fingerprint density at radius 1 is 1.32 bits per heavy atom. The summed E-state index contributed by atoms with van der Waals surface area (Å²) >= 11 is 0. The van der Waals surface area contributed by atoms with Crippen molar-refractivity contribution in [2.75, 3.05) is 31.1 Å². The summed E-state index contributed by atoms with van der Waals surface area (Å²) in [6.07, 6.45) is 2.37. The molecule has 1 amide bonds. The van der Waals surface area contributed by atoms with Gasteiger partial charge in [-0.25, -0.2) is 0 Å². The molecule has 1 aromatic rings. The summed E-state index contributed by atoms with van der Waals surface area (Å²) in [4.78, 5) is 13.8. The molecule has 3 rings (SSSR count). The van der Waals surface area contributed by atoms with Crippen LogP contribution in [0.5, 0.6) is 0 Å². The largest absolute Gasteiger partial charge is 0.310 e. The molecule has 4 heteroatoms. The van der Waals surface area contributed by atoms with Crippen LogP contribution in [0.3, 0.4) is 0 Å². The fraction of sp³-hybridized carbons (Fsp3) is 0.533. The van der Waals surface area contributed by atoms with E-state index in [-0.39, 0.29) is 11.4 Å². The van der Waals surface area contributed by atoms with Crippen molar-refractivity contribution in [2.24, 2.45) is 0 Å². The third-order valence-corrected chi connectivity index (χ3v) is 4.25. The summed E-state index contributed by atoms with van der Waals surface area (Å²) in [6.45, 7) is 5.39. The third-order valence-electron chi connectivity index (χ3n) is 4.25. The van der Waals surface area contributed by atoms with Gasteiger partial charge in [-0.15, -0.1) is 0 Å². The van der Waals surface area contributed by atoms with E-state index in [1.165, 1.54) is 12.0 Å². The highest BCUT2D eigenvalue weighted by Gasteiger charge is 2.30. The van der Waals surface area contributed by atoms with Crippen molar-refractivity contribution in [3.63, 3.8) is 0 Å². The van der Waals surface area contributed by atoms with Gasteiger partial charge in [-0.1, -0.05) is 12.1 Å². The fourth-order valence-corrected chi connectivity index (χ4v) is 3.04. The third kappa shape index (κ3) is 2.38. The number of anilines is 1. The van der Waals surface area contributed by atoms with Gasteiger partial charge in [-0.3, -0.25) is 4.79 Å². The van der Waals surface area contributed by atoms with Crippen molar-refractivity contribution in [1.82, 2.24) is 10.6 Å². The second-order valence-corrected chi connectivity index (χ2v) is 5.63. The molecular formula is C15H21N3O. The van der Waals surface area contributed by atoms with Crippen molar-refractivity contribution in [3.05, 3.63) is 29.8 Å². The molecule has 1 atom stereocenters. The first-order valence-electron chi connectivity index (χ1n) is 7.06. The number of hydrogen-bond acceptors (Lipinski definition) is 3. The highest BCUT2D eigenvalue weighted by atomic mass is 16.2. The summed E-state index contributed by atoms with van der Waals surface area (Å²) in [5, 5.41) is 6.68. The first-order valence-corrected chi connectivity index (χ1v) is 7.06. The molecule has 0 aromatic heterocycles. The minimum absolute atomic E-state index is 0.0626. The molecule has 2 aliphatic heterocycles. The van der Waals surface area contributed by atoms with E-state index < -0.39 is 0 Å². The van der Waals surface area contributed by atoms with Crippen molar-refractivity contribution >= 4 is 11.6 Å². The number of carbonyl (C=O) groups is 1. The number of hydrogen-bond donors (Lipinski definition) is 2. The molecule has 102 valence electrons. The molecule has 0 saturated carbocycles. The quantitative estimate of drug-likeness (QED) is 0.839. The van der Waals surface area contributed by atoms with Crippen LogP contribution < -0.4 is 15.5 Å². The molecule has 2 aliphatic rings. The SMILES string of the molecule is CC1(c2cccc(N3CCNCC3=O)c2)CCCN1. The lowest BCUT2D eigenvalue weighted by Crippen LogP contribution is -2.48. The number of piperazine rings is 1. The minimum atomic E-state index is 0.0626. The van der Waals surface area contributed by atoms with E-state index in [2.05, 4.69) is 35.8 Å². The Hall–Kier alpha value is -1.39. The number of nitrogens with one attached hydrogen (secondary N) is 2. The van der Waals surface area contributed by atoms with Crippen LogP contribution in [0.15, 0.2) is 24.3 Å². The second-order valence-electron chi connectivity index (χ2n) is 5.63. The van der Waals surface area contributed by atoms with Gasteiger partial charge in [0.1, 0.15) is 0 Å². The zero-order chi connectivity index (χ0) is 13.3. The van der Waals surface area contributed by atoms with E-state index in [1.54, 1.807) is 0 Å². The van der Waals surface area contributed by atoms with Crippen LogP contribution in [-0.4, -0.2) is 32.1 Å². The lowest BCUT2D eigenvalue weighted by molar-refractivity contribution is -0.118. The highest BCUT2D eigenvalue weighted by molar-refractivity contribution is 5.95. The van der Waals surface area contributed by atoms with E-state index in [1.807, 2.05) is 11.0 Å². The molecule has 1 aromatic carbocycles. The van der Waals surface area contributed by atoms with Gasteiger partial charge in [0.15, 0.2) is 0 Å². The van der Waals surface area contributed by atoms with Gasteiger partial charge in [-0.05, 0) is 44.0 Å². The highest BCUT2D eigenvalue weighted by Crippen LogP contribution is 2.32. The maximum atomic E-state index is 12.0. The second kappa shape index (κ2) is 4.94. The average Bonchev–Trinajstić information content (AvgIpc) is 2.88. The van der Waals surface area contributed by atoms with Crippen molar-refractivity contribution in [1.29, 1.82) is 0 Å². The van der Waals surface area contributed by atoms with E-state index in [4.69, 9.17) is 0 Å². The molecule has 0 radical (unpaired) electrons.